The Morgan fingerprint density at radius 3 is 2.32 bits per heavy atom. The van der Waals surface area contributed by atoms with Crippen molar-refractivity contribution in [1.82, 2.24) is 5.32 Å². The number of benzene rings is 2. The molecule has 1 amide bonds. The average molecular weight is 381 g/mol. The lowest BCUT2D eigenvalue weighted by Crippen LogP contribution is -2.38. The molecule has 0 bridgehead atoms. The van der Waals surface area contributed by atoms with Crippen LogP contribution >= 0.6 is 11.6 Å². The van der Waals surface area contributed by atoms with E-state index in [0.717, 1.165) is 17.4 Å². The highest BCUT2D eigenvalue weighted by atomic mass is 35.5. The predicted molar refractivity (Wildman–Crippen MR) is 102 cm³/mol. The van der Waals surface area contributed by atoms with Crippen molar-refractivity contribution < 1.29 is 13.2 Å². The second-order valence-corrected chi connectivity index (χ2v) is 8.29. The highest BCUT2D eigenvalue weighted by molar-refractivity contribution is 7.92. The standard InChI is InChI=1S/C18H21ClN2O3S/c1-13-9-14(2)11-17(10-13)21(25(3,23)24)8-7-20-18(22)15-5-4-6-16(19)12-15/h4-6,9-12H,7-8H2,1-3H3,(H,20,22). The summed E-state index contributed by atoms with van der Waals surface area (Å²) < 4.78 is 25.6. The first-order valence-electron chi connectivity index (χ1n) is 7.76. The fourth-order valence-electron chi connectivity index (χ4n) is 2.58. The van der Waals surface area contributed by atoms with Crippen LogP contribution in [0.5, 0.6) is 0 Å². The summed E-state index contributed by atoms with van der Waals surface area (Å²) in [5, 5.41) is 3.20. The number of nitrogens with zero attached hydrogens (tertiary/aromatic N) is 1. The number of nitrogens with one attached hydrogen (secondary N) is 1. The molecule has 2 rings (SSSR count). The van der Waals surface area contributed by atoms with Gasteiger partial charge in [-0.3, -0.25) is 9.10 Å². The minimum absolute atomic E-state index is 0.147. The maximum atomic E-state index is 12.1. The number of anilines is 1. The van der Waals surface area contributed by atoms with Crippen molar-refractivity contribution in [3.8, 4) is 0 Å². The van der Waals surface area contributed by atoms with Crippen LogP contribution in [0.3, 0.4) is 0 Å². The number of rotatable bonds is 6. The number of aryl methyl sites for hydroxylation is 2. The molecule has 25 heavy (non-hydrogen) atoms. The van der Waals surface area contributed by atoms with E-state index in [0.29, 0.717) is 16.3 Å². The molecule has 0 unspecified atom stereocenters. The molecular weight excluding hydrogens is 360 g/mol. The maximum Gasteiger partial charge on any atom is 0.251 e. The Morgan fingerprint density at radius 2 is 1.76 bits per heavy atom. The number of carbonyl (C=O) groups is 1. The van der Waals surface area contributed by atoms with Gasteiger partial charge in [-0.2, -0.15) is 0 Å². The molecule has 134 valence electrons. The molecule has 1 N–H and O–H groups in total. The van der Waals surface area contributed by atoms with Crippen molar-refractivity contribution in [2.75, 3.05) is 23.7 Å². The van der Waals surface area contributed by atoms with Gasteiger partial charge in [0.15, 0.2) is 0 Å². The Labute approximate surface area is 153 Å². The average Bonchev–Trinajstić information content (AvgIpc) is 2.49. The summed E-state index contributed by atoms with van der Waals surface area (Å²) >= 11 is 5.88. The molecular formula is C18H21ClN2O3S. The number of hydrogen-bond donors (Lipinski definition) is 1. The Balaban J connectivity index is 2.10. The van der Waals surface area contributed by atoms with Gasteiger partial charge < -0.3 is 5.32 Å². The van der Waals surface area contributed by atoms with Crippen molar-refractivity contribution in [3.05, 3.63) is 64.2 Å². The van der Waals surface area contributed by atoms with E-state index in [9.17, 15) is 13.2 Å². The highest BCUT2D eigenvalue weighted by Crippen LogP contribution is 2.21. The van der Waals surface area contributed by atoms with Crippen molar-refractivity contribution in [1.29, 1.82) is 0 Å². The number of amides is 1. The molecule has 0 aliphatic heterocycles. The summed E-state index contributed by atoms with van der Waals surface area (Å²) in [5.74, 6) is -0.295. The van der Waals surface area contributed by atoms with E-state index in [4.69, 9.17) is 11.6 Å². The van der Waals surface area contributed by atoms with Crippen LogP contribution in [0, 0.1) is 13.8 Å². The molecule has 0 fully saturated rings. The molecule has 0 aliphatic rings. The monoisotopic (exact) mass is 380 g/mol. The Kier molecular flexibility index (Phi) is 6.08. The minimum atomic E-state index is -3.46. The summed E-state index contributed by atoms with van der Waals surface area (Å²) in [6.45, 7) is 4.16. The van der Waals surface area contributed by atoms with Gasteiger partial charge in [-0.25, -0.2) is 8.42 Å². The third kappa shape index (κ3) is 5.47. The number of hydrogen-bond acceptors (Lipinski definition) is 3. The quantitative estimate of drug-likeness (QED) is 0.837. The highest BCUT2D eigenvalue weighted by Gasteiger charge is 2.18. The second-order valence-electron chi connectivity index (χ2n) is 5.95. The summed E-state index contributed by atoms with van der Waals surface area (Å²) in [4.78, 5) is 12.1. The van der Waals surface area contributed by atoms with Crippen LogP contribution in [-0.2, 0) is 10.0 Å². The molecule has 2 aromatic carbocycles. The van der Waals surface area contributed by atoms with Gasteiger partial charge in [0, 0.05) is 17.1 Å². The molecule has 5 nitrogen and oxygen atoms in total. The van der Waals surface area contributed by atoms with E-state index in [-0.39, 0.29) is 19.0 Å². The third-order valence-electron chi connectivity index (χ3n) is 3.58. The summed E-state index contributed by atoms with van der Waals surface area (Å²) in [6.07, 6.45) is 1.16. The van der Waals surface area contributed by atoms with E-state index < -0.39 is 10.0 Å². The Morgan fingerprint density at radius 1 is 1.12 bits per heavy atom. The molecule has 0 saturated heterocycles. The largest absolute Gasteiger partial charge is 0.350 e. The first kappa shape index (κ1) is 19.3. The number of carbonyl (C=O) groups excluding carboxylic acids is 1. The van der Waals surface area contributed by atoms with Gasteiger partial charge in [0.1, 0.15) is 0 Å². The molecule has 0 spiro atoms. The number of sulfonamides is 1. The van der Waals surface area contributed by atoms with Crippen molar-refractivity contribution in [2.45, 2.75) is 13.8 Å². The molecule has 0 aromatic heterocycles. The van der Waals surface area contributed by atoms with E-state index in [2.05, 4.69) is 5.32 Å². The zero-order valence-corrected chi connectivity index (χ0v) is 16.0. The lowest BCUT2D eigenvalue weighted by Gasteiger charge is -2.23. The smallest absolute Gasteiger partial charge is 0.251 e. The Bertz CT molecular complexity index is 861. The van der Waals surface area contributed by atoms with E-state index >= 15 is 0 Å². The van der Waals surface area contributed by atoms with Gasteiger partial charge in [0.25, 0.3) is 5.91 Å². The molecule has 0 heterocycles. The lowest BCUT2D eigenvalue weighted by atomic mass is 10.1. The van der Waals surface area contributed by atoms with Gasteiger partial charge in [-0.05, 0) is 55.3 Å². The van der Waals surface area contributed by atoms with Gasteiger partial charge >= 0.3 is 0 Å². The first-order valence-corrected chi connectivity index (χ1v) is 9.99. The minimum Gasteiger partial charge on any atom is -0.350 e. The summed E-state index contributed by atoms with van der Waals surface area (Å²) in [5.41, 5.74) is 2.99. The summed E-state index contributed by atoms with van der Waals surface area (Å²) in [6, 6.07) is 12.2. The topological polar surface area (TPSA) is 66.5 Å². The molecule has 0 radical (unpaired) electrons. The van der Waals surface area contributed by atoms with Crippen LogP contribution in [0.1, 0.15) is 21.5 Å². The van der Waals surface area contributed by atoms with Gasteiger partial charge in [0.05, 0.1) is 18.5 Å². The van der Waals surface area contributed by atoms with Gasteiger partial charge in [-0.1, -0.05) is 23.7 Å². The zero-order valence-electron chi connectivity index (χ0n) is 14.4. The third-order valence-corrected chi connectivity index (χ3v) is 5.01. The second kappa shape index (κ2) is 7.89. The molecule has 2 aromatic rings. The van der Waals surface area contributed by atoms with Crippen molar-refractivity contribution >= 4 is 33.2 Å². The number of halogens is 1. The van der Waals surface area contributed by atoms with Crippen molar-refractivity contribution in [2.24, 2.45) is 0 Å². The fourth-order valence-corrected chi connectivity index (χ4v) is 3.69. The fraction of sp³-hybridized carbons (Fsp3) is 0.278. The zero-order chi connectivity index (χ0) is 18.6. The Hall–Kier alpha value is -2.05. The van der Waals surface area contributed by atoms with Crippen LogP contribution in [-0.4, -0.2) is 33.7 Å². The van der Waals surface area contributed by atoms with Crippen LogP contribution in [0.15, 0.2) is 42.5 Å². The SMILES string of the molecule is Cc1cc(C)cc(N(CCNC(=O)c2cccc(Cl)c2)S(C)(=O)=O)c1. The molecule has 0 aliphatic carbocycles. The van der Waals surface area contributed by atoms with E-state index in [1.807, 2.05) is 32.0 Å². The van der Waals surface area contributed by atoms with Gasteiger partial charge in [-0.15, -0.1) is 0 Å². The molecule has 7 heteroatoms. The van der Waals surface area contributed by atoms with Gasteiger partial charge in [0.2, 0.25) is 10.0 Å². The van der Waals surface area contributed by atoms with Crippen LogP contribution < -0.4 is 9.62 Å². The van der Waals surface area contributed by atoms with Crippen molar-refractivity contribution in [3.63, 3.8) is 0 Å². The van der Waals surface area contributed by atoms with E-state index in [1.54, 1.807) is 24.3 Å². The van der Waals surface area contributed by atoms with Crippen LogP contribution in [0.25, 0.3) is 0 Å². The van der Waals surface area contributed by atoms with Crippen LogP contribution in [0.2, 0.25) is 5.02 Å². The molecule has 0 atom stereocenters. The summed E-state index contributed by atoms with van der Waals surface area (Å²) in [7, 11) is -3.46. The maximum absolute atomic E-state index is 12.1. The van der Waals surface area contributed by atoms with Crippen LogP contribution in [0.4, 0.5) is 5.69 Å². The lowest BCUT2D eigenvalue weighted by molar-refractivity contribution is 0.0955. The normalized spacial score (nSPS) is 11.2. The predicted octanol–water partition coefficient (Wildman–Crippen LogP) is 3.15. The molecule has 0 saturated carbocycles. The first-order chi connectivity index (χ1) is 11.7. The van der Waals surface area contributed by atoms with E-state index in [1.165, 1.54) is 4.31 Å².